The van der Waals surface area contributed by atoms with E-state index >= 15 is 0 Å². The molecule has 0 saturated heterocycles. The van der Waals surface area contributed by atoms with Crippen molar-refractivity contribution in [1.29, 1.82) is 0 Å². The summed E-state index contributed by atoms with van der Waals surface area (Å²) >= 11 is 6.06. The van der Waals surface area contributed by atoms with Crippen LogP contribution < -0.4 is 5.32 Å². The Bertz CT molecular complexity index is 468. The minimum atomic E-state index is -4.35. The molecule has 1 aliphatic carbocycles. The molecule has 2 nitrogen and oxygen atoms in total. The number of hydrogen-bond donors (Lipinski definition) is 1. The van der Waals surface area contributed by atoms with Crippen molar-refractivity contribution in [3.8, 4) is 0 Å². The van der Waals surface area contributed by atoms with E-state index in [1.807, 2.05) is 0 Å². The van der Waals surface area contributed by atoms with Crippen molar-refractivity contribution in [3.05, 3.63) is 35.4 Å². The van der Waals surface area contributed by atoms with Crippen LogP contribution in [0.3, 0.4) is 0 Å². The van der Waals surface area contributed by atoms with Gasteiger partial charge in [0.25, 0.3) is 0 Å². The van der Waals surface area contributed by atoms with Gasteiger partial charge >= 0.3 is 6.18 Å². The second-order valence-corrected chi connectivity index (χ2v) is 5.59. The van der Waals surface area contributed by atoms with E-state index in [4.69, 9.17) is 11.6 Å². The van der Waals surface area contributed by atoms with Crippen molar-refractivity contribution in [3.63, 3.8) is 0 Å². The topological polar surface area (TPSA) is 29.1 Å². The first-order chi connectivity index (χ1) is 9.36. The van der Waals surface area contributed by atoms with Crippen molar-refractivity contribution >= 4 is 17.5 Å². The van der Waals surface area contributed by atoms with Crippen LogP contribution in [0, 0.1) is 5.92 Å². The van der Waals surface area contributed by atoms with Crippen LogP contribution in [-0.4, -0.2) is 17.8 Å². The maximum absolute atomic E-state index is 12.4. The molecule has 0 aromatic heterocycles. The van der Waals surface area contributed by atoms with Gasteiger partial charge in [0.2, 0.25) is 5.91 Å². The Kier molecular flexibility index (Phi) is 4.58. The third-order valence-corrected chi connectivity index (χ3v) is 3.78. The lowest BCUT2D eigenvalue weighted by Gasteiger charge is -2.10. The first-order valence-electron chi connectivity index (χ1n) is 6.43. The molecule has 1 N–H and O–H groups in total. The van der Waals surface area contributed by atoms with Crippen LogP contribution in [-0.2, 0) is 17.4 Å². The number of amides is 1. The summed E-state index contributed by atoms with van der Waals surface area (Å²) in [6.07, 6.45) is -2.09. The number of hydrogen-bond acceptors (Lipinski definition) is 1. The number of alkyl halides is 4. The van der Waals surface area contributed by atoms with E-state index in [1.165, 1.54) is 12.1 Å². The smallest absolute Gasteiger partial charge is 0.354 e. The standard InChI is InChI=1S/C14H15ClF3NO/c15-12(10-3-4-10)8-19-13(20)7-9-1-5-11(6-2-9)14(16,17)18/h1-2,5-6,10,12H,3-4,7-8H2,(H,19,20). The lowest BCUT2D eigenvalue weighted by molar-refractivity contribution is -0.137. The first kappa shape index (κ1) is 15.2. The molecular formula is C14H15ClF3NO. The zero-order valence-electron chi connectivity index (χ0n) is 10.7. The van der Waals surface area contributed by atoms with Crippen LogP contribution >= 0.6 is 11.6 Å². The van der Waals surface area contributed by atoms with Crippen molar-refractivity contribution in [1.82, 2.24) is 5.32 Å². The van der Waals surface area contributed by atoms with Crippen LogP contribution in [0.1, 0.15) is 24.0 Å². The molecule has 20 heavy (non-hydrogen) atoms. The highest BCUT2D eigenvalue weighted by Gasteiger charge is 2.30. The third kappa shape index (κ3) is 4.40. The SMILES string of the molecule is O=C(Cc1ccc(C(F)(F)F)cc1)NCC(Cl)C1CC1. The lowest BCUT2D eigenvalue weighted by Crippen LogP contribution is -2.31. The largest absolute Gasteiger partial charge is 0.416 e. The van der Waals surface area contributed by atoms with Gasteiger partial charge in [-0.25, -0.2) is 0 Å². The second-order valence-electron chi connectivity index (χ2n) is 5.03. The molecule has 0 radical (unpaired) electrons. The van der Waals surface area contributed by atoms with Crippen molar-refractivity contribution in [2.24, 2.45) is 5.92 Å². The summed E-state index contributed by atoms with van der Waals surface area (Å²) < 4.78 is 37.1. The number of halogens is 4. The van der Waals surface area contributed by atoms with Gasteiger partial charge in [0.1, 0.15) is 0 Å². The normalized spacial score (nSPS) is 16.8. The fraction of sp³-hybridized carbons (Fsp3) is 0.500. The number of rotatable bonds is 5. The molecular weight excluding hydrogens is 291 g/mol. The van der Waals surface area contributed by atoms with Crippen molar-refractivity contribution in [2.75, 3.05) is 6.54 Å². The maximum Gasteiger partial charge on any atom is 0.416 e. The molecule has 0 heterocycles. The average molecular weight is 306 g/mol. The Balaban J connectivity index is 1.81. The summed E-state index contributed by atoms with van der Waals surface area (Å²) in [5.74, 6) is 0.263. The van der Waals surface area contributed by atoms with E-state index in [-0.39, 0.29) is 17.7 Å². The molecule has 1 saturated carbocycles. The molecule has 1 amide bonds. The Labute approximate surface area is 120 Å². The van der Waals surface area contributed by atoms with Gasteiger partial charge in [-0.05, 0) is 36.5 Å². The Hall–Kier alpha value is -1.23. The molecule has 0 spiro atoms. The highest BCUT2D eigenvalue weighted by molar-refractivity contribution is 6.21. The number of carbonyl (C=O) groups excluding carboxylic acids is 1. The highest BCUT2D eigenvalue weighted by atomic mass is 35.5. The summed E-state index contributed by atoms with van der Waals surface area (Å²) in [5, 5.41) is 2.65. The van der Waals surface area contributed by atoms with Gasteiger partial charge in [-0.3, -0.25) is 4.79 Å². The van der Waals surface area contributed by atoms with Gasteiger partial charge < -0.3 is 5.32 Å². The van der Waals surface area contributed by atoms with Crippen LogP contribution in [0.2, 0.25) is 0 Å². The minimum absolute atomic E-state index is 0.0495. The fourth-order valence-electron chi connectivity index (χ4n) is 1.90. The highest BCUT2D eigenvalue weighted by Crippen LogP contribution is 2.35. The van der Waals surface area contributed by atoms with Gasteiger partial charge in [0, 0.05) is 6.54 Å². The average Bonchev–Trinajstić information content (AvgIpc) is 3.20. The zero-order valence-corrected chi connectivity index (χ0v) is 11.5. The molecule has 0 aliphatic heterocycles. The van der Waals surface area contributed by atoms with Crippen molar-refractivity contribution < 1.29 is 18.0 Å². The predicted molar refractivity (Wildman–Crippen MR) is 70.5 cm³/mol. The third-order valence-electron chi connectivity index (χ3n) is 3.27. The van der Waals surface area contributed by atoms with Gasteiger partial charge in [0.15, 0.2) is 0 Å². The van der Waals surface area contributed by atoms with Gasteiger partial charge in [-0.2, -0.15) is 13.2 Å². The monoisotopic (exact) mass is 305 g/mol. The number of nitrogens with one attached hydrogen (secondary N) is 1. The van der Waals surface area contributed by atoms with E-state index in [0.29, 0.717) is 18.0 Å². The number of benzene rings is 1. The predicted octanol–water partition coefficient (Wildman–Crippen LogP) is 3.38. The Morgan fingerprint density at radius 3 is 2.40 bits per heavy atom. The van der Waals surface area contributed by atoms with E-state index in [0.717, 1.165) is 25.0 Å². The molecule has 1 unspecified atom stereocenters. The summed E-state index contributed by atoms with van der Waals surface area (Å²) in [6, 6.07) is 4.61. The molecule has 1 fully saturated rings. The maximum atomic E-state index is 12.4. The molecule has 110 valence electrons. The van der Waals surface area contributed by atoms with E-state index in [1.54, 1.807) is 0 Å². The van der Waals surface area contributed by atoms with Crippen LogP contribution in [0.5, 0.6) is 0 Å². The van der Waals surface area contributed by atoms with E-state index < -0.39 is 11.7 Å². The molecule has 1 aliphatic rings. The molecule has 0 bridgehead atoms. The first-order valence-corrected chi connectivity index (χ1v) is 6.87. The summed E-state index contributed by atoms with van der Waals surface area (Å²) in [4.78, 5) is 11.6. The van der Waals surface area contributed by atoms with Gasteiger partial charge in [-0.1, -0.05) is 12.1 Å². The summed E-state index contributed by atoms with van der Waals surface area (Å²) in [6.45, 7) is 0.408. The quantitative estimate of drug-likeness (QED) is 0.830. The van der Waals surface area contributed by atoms with Gasteiger partial charge in [0.05, 0.1) is 17.4 Å². The lowest BCUT2D eigenvalue weighted by atomic mass is 10.1. The van der Waals surface area contributed by atoms with Crippen LogP contribution in [0.4, 0.5) is 13.2 Å². The van der Waals surface area contributed by atoms with E-state index in [2.05, 4.69) is 5.32 Å². The summed E-state index contributed by atoms with van der Waals surface area (Å²) in [7, 11) is 0. The molecule has 2 rings (SSSR count). The fourth-order valence-corrected chi connectivity index (χ4v) is 2.22. The van der Waals surface area contributed by atoms with E-state index in [9.17, 15) is 18.0 Å². The Morgan fingerprint density at radius 2 is 1.90 bits per heavy atom. The van der Waals surface area contributed by atoms with Crippen LogP contribution in [0.25, 0.3) is 0 Å². The molecule has 6 heteroatoms. The van der Waals surface area contributed by atoms with Crippen molar-refractivity contribution in [2.45, 2.75) is 30.8 Å². The molecule has 1 aromatic rings. The van der Waals surface area contributed by atoms with Gasteiger partial charge in [-0.15, -0.1) is 11.6 Å². The molecule has 1 aromatic carbocycles. The molecule has 1 atom stereocenters. The minimum Gasteiger partial charge on any atom is -0.354 e. The van der Waals surface area contributed by atoms with Crippen LogP contribution in [0.15, 0.2) is 24.3 Å². The Morgan fingerprint density at radius 1 is 1.30 bits per heavy atom. The number of carbonyl (C=O) groups is 1. The second kappa shape index (κ2) is 6.04. The zero-order chi connectivity index (χ0) is 14.8. The summed E-state index contributed by atoms with van der Waals surface area (Å²) in [5.41, 5.74) is -0.163.